The molecular formula is C17H13FN2O2. The topological polar surface area (TPSA) is 44.1 Å². The molecule has 0 saturated heterocycles. The van der Waals surface area contributed by atoms with Gasteiger partial charge in [0.25, 0.3) is 5.91 Å². The molecule has 0 spiro atoms. The highest BCUT2D eigenvalue weighted by Crippen LogP contribution is 2.41. The summed E-state index contributed by atoms with van der Waals surface area (Å²) in [6, 6.07) is 7.97. The minimum Gasteiger partial charge on any atom is -0.489 e. The van der Waals surface area contributed by atoms with Crippen LogP contribution >= 0.6 is 0 Å². The summed E-state index contributed by atoms with van der Waals surface area (Å²) in [5, 5.41) is 0.520. The molecule has 4 nitrogen and oxygen atoms in total. The van der Waals surface area contributed by atoms with Crippen LogP contribution in [0.2, 0.25) is 0 Å². The van der Waals surface area contributed by atoms with Gasteiger partial charge in [0.15, 0.2) is 0 Å². The van der Waals surface area contributed by atoms with E-state index >= 15 is 0 Å². The molecule has 0 amide bonds. The first-order valence-corrected chi connectivity index (χ1v) is 7.08. The molecule has 3 heterocycles. The van der Waals surface area contributed by atoms with E-state index < -0.39 is 0 Å². The molecule has 0 radical (unpaired) electrons. The third-order valence-corrected chi connectivity index (χ3v) is 3.68. The number of hydrogen-bond donors (Lipinski definition) is 0. The summed E-state index contributed by atoms with van der Waals surface area (Å²) >= 11 is 0. The van der Waals surface area contributed by atoms with Crippen LogP contribution in [0.5, 0.6) is 5.75 Å². The smallest absolute Gasteiger partial charge is 0.268 e. The second-order valence-corrected chi connectivity index (χ2v) is 5.56. The van der Waals surface area contributed by atoms with E-state index in [1.54, 1.807) is 22.9 Å². The van der Waals surface area contributed by atoms with Gasteiger partial charge < -0.3 is 4.74 Å². The van der Waals surface area contributed by atoms with E-state index in [-0.39, 0.29) is 17.8 Å². The maximum absolute atomic E-state index is 13.6. The van der Waals surface area contributed by atoms with Crippen molar-refractivity contribution in [2.24, 2.45) is 0 Å². The predicted octanol–water partition coefficient (Wildman–Crippen LogP) is 3.63. The van der Waals surface area contributed by atoms with Crippen molar-refractivity contribution < 1.29 is 13.9 Å². The molecule has 110 valence electrons. The van der Waals surface area contributed by atoms with Crippen LogP contribution in [-0.4, -0.2) is 21.6 Å². The van der Waals surface area contributed by atoms with Crippen LogP contribution < -0.4 is 4.74 Å². The van der Waals surface area contributed by atoms with E-state index in [9.17, 15) is 9.18 Å². The average Bonchev–Trinajstić information content (AvgIpc) is 3.03. The lowest BCUT2D eigenvalue weighted by atomic mass is 10.1. The molecule has 0 bridgehead atoms. The summed E-state index contributed by atoms with van der Waals surface area (Å²) < 4.78 is 21.0. The summed E-state index contributed by atoms with van der Waals surface area (Å²) in [6.07, 6.45) is 1.56. The molecule has 1 aromatic carbocycles. The summed E-state index contributed by atoms with van der Waals surface area (Å²) in [4.78, 5) is 17.2. The van der Waals surface area contributed by atoms with Crippen molar-refractivity contribution >= 4 is 16.8 Å². The Morgan fingerprint density at radius 1 is 1.27 bits per heavy atom. The van der Waals surface area contributed by atoms with Crippen LogP contribution in [0.15, 0.2) is 36.5 Å². The van der Waals surface area contributed by atoms with Gasteiger partial charge in [0.05, 0.1) is 17.3 Å². The fourth-order valence-electron chi connectivity index (χ4n) is 2.82. The summed E-state index contributed by atoms with van der Waals surface area (Å²) in [6.45, 7) is 3.75. The molecular weight excluding hydrogens is 283 g/mol. The fourth-order valence-corrected chi connectivity index (χ4v) is 2.82. The number of nitrogens with zero attached hydrogens (tertiary/aromatic N) is 2. The number of ether oxygens (including phenoxy) is 1. The van der Waals surface area contributed by atoms with Crippen LogP contribution in [0.3, 0.4) is 0 Å². The van der Waals surface area contributed by atoms with Gasteiger partial charge >= 0.3 is 0 Å². The lowest BCUT2D eigenvalue weighted by Gasteiger charge is -2.15. The van der Waals surface area contributed by atoms with Crippen LogP contribution in [0, 0.1) is 5.82 Å². The zero-order valence-corrected chi connectivity index (χ0v) is 12.1. The Balaban J connectivity index is 2.11. The highest BCUT2D eigenvalue weighted by atomic mass is 19.1. The number of fused-ring (bicyclic) bond motifs is 4. The highest BCUT2D eigenvalue weighted by molar-refractivity contribution is 6.13. The quantitative estimate of drug-likeness (QED) is 0.567. The lowest BCUT2D eigenvalue weighted by Crippen LogP contribution is -2.12. The highest BCUT2D eigenvalue weighted by Gasteiger charge is 2.33. The molecule has 5 heteroatoms. The van der Waals surface area contributed by atoms with Gasteiger partial charge in [0, 0.05) is 11.6 Å². The Hall–Kier alpha value is -2.69. The van der Waals surface area contributed by atoms with Gasteiger partial charge in [-0.15, -0.1) is 0 Å². The molecule has 0 atom stereocenters. The number of halogens is 1. The standard InChI is InChI=1S/C17H13FN2O2/c1-9(2)22-16-11-8-10(18)5-6-12(11)19-15-13-4-3-7-20(13)17(21)14(15)16/h3-9H,1-2H3. The predicted molar refractivity (Wildman–Crippen MR) is 80.6 cm³/mol. The van der Waals surface area contributed by atoms with Crippen LogP contribution in [0.25, 0.3) is 22.3 Å². The molecule has 0 saturated carbocycles. The van der Waals surface area contributed by atoms with Gasteiger partial charge in [-0.25, -0.2) is 9.37 Å². The molecule has 2 aromatic heterocycles. The molecule has 0 fully saturated rings. The molecule has 0 N–H and O–H groups in total. The Morgan fingerprint density at radius 2 is 2.09 bits per heavy atom. The largest absolute Gasteiger partial charge is 0.489 e. The molecule has 0 unspecified atom stereocenters. The second-order valence-electron chi connectivity index (χ2n) is 5.56. The van der Waals surface area contributed by atoms with E-state index in [4.69, 9.17) is 4.74 Å². The van der Waals surface area contributed by atoms with Gasteiger partial charge in [-0.05, 0) is 44.2 Å². The minimum absolute atomic E-state index is 0.134. The Bertz CT molecular complexity index is 928. The zero-order valence-electron chi connectivity index (χ0n) is 12.1. The van der Waals surface area contributed by atoms with E-state index in [1.807, 2.05) is 19.9 Å². The normalized spacial score (nSPS) is 12.8. The molecule has 0 aliphatic carbocycles. The lowest BCUT2D eigenvalue weighted by molar-refractivity contribution is 0.0964. The SMILES string of the molecule is CC(C)Oc1c2c(nc3ccc(F)cc13)-c1cccn1C2=O. The molecule has 3 aromatic rings. The number of aromatic nitrogens is 2. The van der Waals surface area contributed by atoms with Crippen molar-refractivity contribution in [3.05, 3.63) is 47.9 Å². The summed E-state index contributed by atoms with van der Waals surface area (Å²) in [5.41, 5.74) is 2.34. The van der Waals surface area contributed by atoms with Gasteiger partial charge in [0.2, 0.25) is 0 Å². The van der Waals surface area contributed by atoms with Gasteiger partial charge in [-0.3, -0.25) is 9.36 Å². The number of benzene rings is 1. The number of rotatable bonds is 2. The van der Waals surface area contributed by atoms with E-state index in [0.717, 1.165) is 5.69 Å². The van der Waals surface area contributed by atoms with Crippen LogP contribution in [0.1, 0.15) is 24.2 Å². The fraction of sp³-hybridized carbons (Fsp3) is 0.176. The first-order chi connectivity index (χ1) is 10.6. The molecule has 1 aliphatic heterocycles. The van der Waals surface area contributed by atoms with Crippen molar-refractivity contribution in [1.29, 1.82) is 0 Å². The van der Waals surface area contributed by atoms with E-state index in [2.05, 4.69) is 4.98 Å². The van der Waals surface area contributed by atoms with Crippen molar-refractivity contribution in [3.63, 3.8) is 0 Å². The number of hydrogen-bond acceptors (Lipinski definition) is 3. The van der Waals surface area contributed by atoms with Gasteiger partial charge in [0.1, 0.15) is 22.8 Å². The second kappa shape index (κ2) is 4.40. The van der Waals surface area contributed by atoms with Crippen molar-refractivity contribution in [1.82, 2.24) is 9.55 Å². The maximum Gasteiger partial charge on any atom is 0.268 e. The van der Waals surface area contributed by atoms with Crippen molar-refractivity contribution in [3.8, 4) is 17.1 Å². The Labute approximate surface area is 126 Å². The third kappa shape index (κ3) is 1.68. The monoisotopic (exact) mass is 296 g/mol. The number of carbonyl (C=O) groups is 1. The first kappa shape index (κ1) is 13.0. The van der Waals surface area contributed by atoms with Gasteiger partial charge in [-0.2, -0.15) is 0 Å². The minimum atomic E-state index is -0.382. The zero-order chi connectivity index (χ0) is 15.4. The van der Waals surface area contributed by atoms with Gasteiger partial charge in [-0.1, -0.05) is 0 Å². The summed E-state index contributed by atoms with van der Waals surface area (Å²) in [5.74, 6) is -0.166. The molecule has 1 aliphatic rings. The maximum atomic E-state index is 13.6. The van der Waals surface area contributed by atoms with Crippen molar-refractivity contribution in [2.75, 3.05) is 0 Å². The molecule has 4 rings (SSSR count). The van der Waals surface area contributed by atoms with E-state index in [0.29, 0.717) is 27.9 Å². The number of pyridine rings is 1. The third-order valence-electron chi connectivity index (χ3n) is 3.68. The van der Waals surface area contributed by atoms with Crippen molar-refractivity contribution in [2.45, 2.75) is 20.0 Å². The van der Waals surface area contributed by atoms with E-state index in [1.165, 1.54) is 12.1 Å². The number of carbonyl (C=O) groups excluding carboxylic acids is 1. The molecule has 22 heavy (non-hydrogen) atoms. The average molecular weight is 296 g/mol. The Morgan fingerprint density at radius 3 is 2.86 bits per heavy atom. The summed E-state index contributed by atoms with van der Waals surface area (Å²) in [7, 11) is 0. The van der Waals surface area contributed by atoms with Crippen LogP contribution in [0.4, 0.5) is 4.39 Å². The first-order valence-electron chi connectivity index (χ1n) is 7.08. The van der Waals surface area contributed by atoms with Crippen LogP contribution in [-0.2, 0) is 0 Å². The Kier molecular flexibility index (Phi) is 2.60.